The maximum Gasteiger partial charge on any atom is 0.256 e. The molecule has 3 aromatic carbocycles. The Kier molecular flexibility index (Phi) is 6.96. The van der Waals surface area contributed by atoms with Crippen LogP contribution in [0.15, 0.2) is 72.9 Å². The number of aryl methyl sites for hydroxylation is 1. The van der Waals surface area contributed by atoms with Crippen molar-refractivity contribution in [1.29, 1.82) is 0 Å². The Hall–Kier alpha value is -3.35. The summed E-state index contributed by atoms with van der Waals surface area (Å²) in [4.78, 5) is 12.6. The highest BCUT2D eigenvalue weighted by Gasteiger charge is 2.13. The second-order valence-corrected chi connectivity index (χ2v) is 8.34. The molecule has 1 aromatic heterocycles. The van der Waals surface area contributed by atoms with Gasteiger partial charge in [0.05, 0.1) is 11.6 Å². The monoisotopic (exact) mass is 483 g/mol. The van der Waals surface area contributed by atoms with Crippen molar-refractivity contribution in [2.75, 3.05) is 5.32 Å². The van der Waals surface area contributed by atoms with Gasteiger partial charge in [-0.15, -0.1) is 0 Å². The molecule has 33 heavy (non-hydrogen) atoms. The Balaban J connectivity index is 1.37. The number of anilines is 1. The molecule has 0 aliphatic rings. The zero-order valence-corrected chi connectivity index (χ0v) is 19.2. The first-order valence-electron chi connectivity index (χ1n) is 10.1. The molecule has 168 valence electrons. The van der Waals surface area contributed by atoms with Crippen LogP contribution < -0.4 is 10.1 Å². The molecule has 5 nitrogen and oxygen atoms in total. The van der Waals surface area contributed by atoms with Gasteiger partial charge >= 0.3 is 0 Å². The van der Waals surface area contributed by atoms with Crippen LogP contribution in [0.25, 0.3) is 0 Å². The number of carbonyl (C=O) groups is 1. The third kappa shape index (κ3) is 5.92. The molecule has 4 aromatic rings. The third-order valence-electron chi connectivity index (χ3n) is 4.90. The number of hydrogen-bond acceptors (Lipinski definition) is 3. The van der Waals surface area contributed by atoms with Crippen LogP contribution in [0.1, 0.15) is 27.0 Å². The molecule has 1 amide bonds. The minimum absolute atomic E-state index is 0.255. The van der Waals surface area contributed by atoms with E-state index in [4.69, 9.17) is 27.9 Å². The Morgan fingerprint density at radius 2 is 1.70 bits per heavy atom. The summed E-state index contributed by atoms with van der Waals surface area (Å²) in [5, 5.41) is 7.90. The van der Waals surface area contributed by atoms with Gasteiger partial charge in [-0.2, -0.15) is 5.10 Å². The standard InChI is InChI=1S/C25H20Cl2FN3O2/c1-16-2-11-21(26)23(12-16)33-15-18-3-7-19(8-4-18)25(32)29-24-22(27)14-31(30-24)13-17-5-9-20(28)10-6-17/h2-12,14H,13,15H2,1H3,(H,29,30,32). The van der Waals surface area contributed by atoms with Crippen molar-refractivity contribution < 1.29 is 13.9 Å². The van der Waals surface area contributed by atoms with Crippen LogP contribution in [0.5, 0.6) is 5.75 Å². The predicted molar refractivity (Wildman–Crippen MR) is 128 cm³/mol. The van der Waals surface area contributed by atoms with Gasteiger partial charge in [0.1, 0.15) is 23.2 Å². The van der Waals surface area contributed by atoms with E-state index in [1.807, 2.05) is 31.2 Å². The smallest absolute Gasteiger partial charge is 0.256 e. The van der Waals surface area contributed by atoms with Crippen LogP contribution in [0, 0.1) is 12.7 Å². The van der Waals surface area contributed by atoms with E-state index in [9.17, 15) is 9.18 Å². The summed E-state index contributed by atoms with van der Waals surface area (Å²) in [6.07, 6.45) is 1.61. The molecule has 0 aliphatic heterocycles. The van der Waals surface area contributed by atoms with Crippen molar-refractivity contribution in [2.45, 2.75) is 20.1 Å². The molecule has 1 heterocycles. The van der Waals surface area contributed by atoms with E-state index >= 15 is 0 Å². The number of benzene rings is 3. The Labute approximate surface area is 200 Å². The number of hydrogen-bond donors (Lipinski definition) is 1. The molecule has 0 fully saturated rings. The zero-order chi connectivity index (χ0) is 23.4. The van der Waals surface area contributed by atoms with Gasteiger partial charge in [-0.3, -0.25) is 9.48 Å². The highest BCUT2D eigenvalue weighted by atomic mass is 35.5. The predicted octanol–water partition coefficient (Wildman–Crippen LogP) is 6.52. The van der Waals surface area contributed by atoms with E-state index in [1.165, 1.54) is 12.1 Å². The lowest BCUT2D eigenvalue weighted by atomic mass is 10.1. The first kappa shape index (κ1) is 22.8. The van der Waals surface area contributed by atoms with E-state index in [1.54, 1.807) is 41.2 Å². The maximum absolute atomic E-state index is 13.1. The van der Waals surface area contributed by atoms with Crippen molar-refractivity contribution in [3.8, 4) is 5.75 Å². The second-order valence-electron chi connectivity index (χ2n) is 7.52. The van der Waals surface area contributed by atoms with E-state index in [0.29, 0.717) is 34.5 Å². The van der Waals surface area contributed by atoms with Gasteiger partial charge in [0.2, 0.25) is 0 Å². The summed E-state index contributed by atoms with van der Waals surface area (Å²) in [5.41, 5.74) is 3.26. The molecule has 0 radical (unpaired) electrons. The Morgan fingerprint density at radius 3 is 2.42 bits per heavy atom. The van der Waals surface area contributed by atoms with Crippen LogP contribution in [0.4, 0.5) is 10.2 Å². The van der Waals surface area contributed by atoms with Crippen molar-refractivity contribution in [1.82, 2.24) is 9.78 Å². The number of halogens is 3. The molecule has 0 spiro atoms. The summed E-state index contributed by atoms with van der Waals surface area (Å²) in [7, 11) is 0. The quantitative estimate of drug-likeness (QED) is 0.325. The first-order chi connectivity index (χ1) is 15.9. The number of carbonyl (C=O) groups excluding carboxylic acids is 1. The van der Waals surface area contributed by atoms with Crippen LogP contribution in [-0.2, 0) is 13.2 Å². The first-order valence-corrected chi connectivity index (χ1v) is 10.9. The van der Waals surface area contributed by atoms with Gasteiger partial charge in [-0.25, -0.2) is 4.39 Å². The molecule has 0 unspecified atom stereocenters. The minimum atomic E-state index is -0.335. The normalized spacial score (nSPS) is 10.8. The molecular formula is C25H20Cl2FN3O2. The average molecular weight is 484 g/mol. The SMILES string of the molecule is Cc1ccc(Cl)c(OCc2ccc(C(=O)Nc3nn(Cc4ccc(F)cc4)cc3Cl)cc2)c1. The van der Waals surface area contributed by atoms with E-state index in [-0.39, 0.29) is 17.5 Å². The lowest BCUT2D eigenvalue weighted by Crippen LogP contribution is -2.13. The fourth-order valence-electron chi connectivity index (χ4n) is 3.15. The summed E-state index contributed by atoms with van der Waals surface area (Å²) < 4.78 is 20.4. The van der Waals surface area contributed by atoms with Gasteiger partial charge < -0.3 is 10.1 Å². The fourth-order valence-corrected chi connectivity index (χ4v) is 3.52. The van der Waals surface area contributed by atoms with Gasteiger partial charge in [-0.05, 0) is 60.0 Å². The second kappa shape index (κ2) is 10.1. The fraction of sp³-hybridized carbons (Fsp3) is 0.120. The molecule has 4 rings (SSSR count). The van der Waals surface area contributed by atoms with Crippen LogP contribution in [-0.4, -0.2) is 15.7 Å². The molecule has 1 N–H and O–H groups in total. The maximum atomic E-state index is 13.1. The molecular weight excluding hydrogens is 464 g/mol. The topological polar surface area (TPSA) is 56.1 Å². The van der Waals surface area contributed by atoms with Crippen LogP contribution in [0.2, 0.25) is 10.0 Å². The molecule has 0 aliphatic carbocycles. The van der Waals surface area contributed by atoms with Crippen molar-refractivity contribution in [3.63, 3.8) is 0 Å². The van der Waals surface area contributed by atoms with Gasteiger partial charge in [-0.1, -0.05) is 53.5 Å². The molecule has 0 saturated heterocycles. The third-order valence-corrected chi connectivity index (χ3v) is 5.49. The van der Waals surface area contributed by atoms with Crippen LogP contribution in [0.3, 0.4) is 0 Å². The minimum Gasteiger partial charge on any atom is -0.487 e. The number of amides is 1. The summed E-state index contributed by atoms with van der Waals surface area (Å²) >= 11 is 12.4. The lowest BCUT2D eigenvalue weighted by molar-refractivity contribution is 0.102. The molecule has 8 heteroatoms. The van der Waals surface area contributed by atoms with Gasteiger partial charge in [0, 0.05) is 11.8 Å². The van der Waals surface area contributed by atoms with Crippen molar-refractivity contribution in [3.05, 3.63) is 111 Å². The van der Waals surface area contributed by atoms with Crippen molar-refractivity contribution >= 4 is 34.9 Å². The average Bonchev–Trinajstić information content (AvgIpc) is 3.14. The number of aromatic nitrogens is 2. The number of rotatable bonds is 7. The summed E-state index contributed by atoms with van der Waals surface area (Å²) in [6.45, 7) is 2.69. The molecule has 0 bridgehead atoms. The Morgan fingerprint density at radius 1 is 1.00 bits per heavy atom. The van der Waals surface area contributed by atoms with E-state index < -0.39 is 0 Å². The zero-order valence-electron chi connectivity index (χ0n) is 17.7. The number of nitrogens with zero attached hydrogens (tertiary/aromatic N) is 2. The van der Waals surface area contributed by atoms with E-state index in [0.717, 1.165) is 16.7 Å². The van der Waals surface area contributed by atoms with E-state index in [2.05, 4.69) is 10.4 Å². The summed E-state index contributed by atoms with van der Waals surface area (Å²) in [6, 6.07) is 18.7. The molecule has 0 saturated carbocycles. The highest BCUT2D eigenvalue weighted by Crippen LogP contribution is 2.26. The molecule has 0 atom stereocenters. The summed E-state index contributed by atoms with van der Waals surface area (Å²) in [5.74, 6) is 0.231. The van der Waals surface area contributed by atoms with Gasteiger partial charge in [0.25, 0.3) is 5.91 Å². The highest BCUT2D eigenvalue weighted by molar-refractivity contribution is 6.33. The lowest BCUT2D eigenvalue weighted by Gasteiger charge is -2.09. The number of nitrogens with one attached hydrogen (secondary N) is 1. The Bertz CT molecular complexity index is 1270. The van der Waals surface area contributed by atoms with Gasteiger partial charge in [0.15, 0.2) is 5.82 Å². The van der Waals surface area contributed by atoms with Crippen molar-refractivity contribution in [2.24, 2.45) is 0 Å². The number of ether oxygens (including phenoxy) is 1. The van der Waals surface area contributed by atoms with Crippen LogP contribution >= 0.6 is 23.2 Å². The largest absolute Gasteiger partial charge is 0.487 e.